The van der Waals surface area contributed by atoms with Crippen molar-refractivity contribution in [3.8, 4) is 0 Å². The minimum atomic E-state index is -4.61. The summed E-state index contributed by atoms with van der Waals surface area (Å²) in [5.41, 5.74) is 0. The van der Waals surface area contributed by atoms with Gasteiger partial charge in [0.25, 0.3) is 0 Å². The molecule has 53 heavy (non-hydrogen) atoms. The molecule has 0 fully saturated rings. The first-order chi connectivity index (χ1) is 25.7. The standard InChI is InChI=1S/C42H75O10P/c1-3-5-7-9-11-12-13-14-15-16-17-18-19-20-21-22-23-24-25-26-28-30-32-34-42(46)52-40(38-51-53(47,48)50-36-39(44)35-43)37-49-41(45)33-31-29-27-10-8-6-4-2/h5,7,11-12,14-15,17-18,39-40,43-44H,3-4,6,8-10,13,16,19-38H2,1-2H3,(H,47,48)/b7-5-,12-11-,15-14-,18-17-. The molecule has 0 aliphatic rings. The van der Waals surface area contributed by atoms with Crippen molar-refractivity contribution in [2.24, 2.45) is 0 Å². The summed E-state index contributed by atoms with van der Waals surface area (Å²) in [6, 6.07) is 0. The van der Waals surface area contributed by atoms with Crippen LogP contribution in [0, 0.1) is 0 Å². The fourth-order valence-corrected chi connectivity index (χ4v) is 6.13. The van der Waals surface area contributed by atoms with Crippen LogP contribution in [0.1, 0.15) is 168 Å². The van der Waals surface area contributed by atoms with E-state index < -0.39 is 51.8 Å². The van der Waals surface area contributed by atoms with Crippen LogP contribution in [-0.4, -0.2) is 65.7 Å². The summed E-state index contributed by atoms with van der Waals surface area (Å²) in [4.78, 5) is 34.7. The molecule has 0 saturated heterocycles. The zero-order valence-electron chi connectivity index (χ0n) is 33.2. The third-order valence-electron chi connectivity index (χ3n) is 8.50. The van der Waals surface area contributed by atoms with Crippen molar-refractivity contribution >= 4 is 19.8 Å². The Morgan fingerprint density at radius 2 is 1.04 bits per heavy atom. The van der Waals surface area contributed by atoms with Crippen molar-refractivity contribution in [3.63, 3.8) is 0 Å². The number of rotatable bonds is 38. The molecule has 3 unspecified atom stereocenters. The average Bonchev–Trinajstić information content (AvgIpc) is 3.14. The molecular formula is C42H75O10P. The molecule has 10 nitrogen and oxygen atoms in total. The lowest BCUT2D eigenvalue weighted by molar-refractivity contribution is -0.161. The molecule has 308 valence electrons. The number of carbonyl (C=O) groups excluding carboxylic acids is 2. The van der Waals surface area contributed by atoms with Gasteiger partial charge in [0.2, 0.25) is 0 Å². The minimum Gasteiger partial charge on any atom is -0.462 e. The third-order valence-corrected chi connectivity index (χ3v) is 9.45. The lowest BCUT2D eigenvalue weighted by Crippen LogP contribution is -2.29. The van der Waals surface area contributed by atoms with E-state index in [9.17, 15) is 24.2 Å². The van der Waals surface area contributed by atoms with Gasteiger partial charge in [-0.3, -0.25) is 18.6 Å². The van der Waals surface area contributed by atoms with Gasteiger partial charge >= 0.3 is 19.8 Å². The quantitative estimate of drug-likeness (QED) is 0.0240. The molecule has 0 aromatic carbocycles. The lowest BCUT2D eigenvalue weighted by atomic mass is 10.0. The SMILES string of the molecule is CC/C=C\C/C=C\C/C=C\C/C=C\CCCCCCCCCCCCC(=O)OC(COC(=O)CCCCCCCCC)COP(=O)(O)OCC(O)CO. The van der Waals surface area contributed by atoms with Crippen molar-refractivity contribution < 1.29 is 47.8 Å². The predicted octanol–water partition coefficient (Wildman–Crippen LogP) is 10.6. The fourth-order valence-electron chi connectivity index (χ4n) is 5.34. The number of allylic oxidation sites excluding steroid dienone is 8. The summed E-state index contributed by atoms with van der Waals surface area (Å²) < 4.78 is 32.5. The highest BCUT2D eigenvalue weighted by Crippen LogP contribution is 2.43. The lowest BCUT2D eigenvalue weighted by Gasteiger charge is -2.20. The molecule has 3 N–H and O–H groups in total. The second-order valence-corrected chi connectivity index (χ2v) is 15.1. The summed E-state index contributed by atoms with van der Waals surface area (Å²) >= 11 is 0. The summed E-state index contributed by atoms with van der Waals surface area (Å²) in [5, 5.41) is 18.3. The summed E-state index contributed by atoms with van der Waals surface area (Å²) in [5.74, 6) is -0.938. The van der Waals surface area contributed by atoms with Crippen LogP contribution in [0.15, 0.2) is 48.6 Å². The molecule has 0 saturated carbocycles. The first-order valence-corrected chi connectivity index (χ1v) is 22.1. The van der Waals surface area contributed by atoms with Crippen LogP contribution in [0.4, 0.5) is 0 Å². The highest BCUT2D eigenvalue weighted by molar-refractivity contribution is 7.47. The van der Waals surface area contributed by atoms with Crippen molar-refractivity contribution in [2.45, 2.75) is 180 Å². The van der Waals surface area contributed by atoms with Crippen LogP contribution in [0.25, 0.3) is 0 Å². The van der Waals surface area contributed by atoms with E-state index in [4.69, 9.17) is 19.1 Å². The van der Waals surface area contributed by atoms with E-state index in [2.05, 4.69) is 67.0 Å². The number of aliphatic hydroxyl groups is 2. The van der Waals surface area contributed by atoms with Gasteiger partial charge in [-0.05, 0) is 51.4 Å². The monoisotopic (exact) mass is 771 g/mol. The Hall–Kier alpha value is -2.07. The molecule has 0 spiro atoms. The number of esters is 2. The molecule has 0 heterocycles. The zero-order valence-corrected chi connectivity index (χ0v) is 34.1. The van der Waals surface area contributed by atoms with Gasteiger partial charge in [-0.15, -0.1) is 0 Å². The average molecular weight is 771 g/mol. The number of phosphoric acid groups is 1. The number of unbranched alkanes of at least 4 members (excludes halogenated alkanes) is 16. The van der Waals surface area contributed by atoms with E-state index in [-0.39, 0.29) is 19.4 Å². The van der Waals surface area contributed by atoms with Crippen LogP contribution in [0.3, 0.4) is 0 Å². The van der Waals surface area contributed by atoms with E-state index in [0.717, 1.165) is 70.6 Å². The van der Waals surface area contributed by atoms with Gasteiger partial charge in [0.15, 0.2) is 6.10 Å². The number of hydrogen-bond donors (Lipinski definition) is 3. The smallest absolute Gasteiger partial charge is 0.462 e. The van der Waals surface area contributed by atoms with Gasteiger partial charge in [0.05, 0.1) is 19.8 Å². The normalized spacial score (nSPS) is 14.4. The molecule has 0 aliphatic carbocycles. The van der Waals surface area contributed by atoms with Gasteiger partial charge in [-0.25, -0.2) is 4.57 Å². The number of ether oxygens (including phenoxy) is 2. The van der Waals surface area contributed by atoms with E-state index in [0.29, 0.717) is 12.8 Å². The number of aliphatic hydroxyl groups excluding tert-OH is 2. The van der Waals surface area contributed by atoms with Crippen LogP contribution in [0.2, 0.25) is 0 Å². The molecule has 0 radical (unpaired) electrons. The van der Waals surface area contributed by atoms with Gasteiger partial charge in [0.1, 0.15) is 12.7 Å². The first kappa shape index (κ1) is 50.9. The topological polar surface area (TPSA) is 149 Å². The summed E-state index contributed by atoms with van der Waals surface area (Å²) in [7, 11) is -4.61. The van der Waals surface area contributed by atoms with Crippen LogP contribution >= 0.6 is 7.82 Å². The van der Waals surface area contributed by atoms with E-state index in [1.807, 2.05) is 0 Å². The molecule has 0 bridgehead atoms. The largest absolute Gasteiger partial charge is 0.472 e. The summed E-state index contributed by atoms with van der Waals surface area (Å²) in [6.45, 7) is 2.20. The second-order valence-electron chi connectivity index (χ2n) is 13.6. The molecule has 0 aliphatic heterocycles. The third kappa shape index (κ3) is 38.0. The van der Waals surface area contributed by atoms with Crippen molar-refractivity contribution in [1.29, 1.82) is 0 Å². The Morgan fingerprint density at radius 3 is 1.57 bits per heavy atom. The summed E-state index contributed by atoms with van der Waals surface area (Å²) in [6.07, 6.45) is 39.6. The van der Waals surface area contributed by atoms with Gasteiger partial charge in [-0.2, -0.15) is 0 Å². The minimum absolute atomic E-state index is 0.178. The van der Waals surface area contributed by atoms with Crippen molar-refractivity contribution in [1.82, 2.24) is 0 Å². The number of phosphoric ester groups is 1. The van der Waals surface area contributed by atoms with E-state index >= 15 is 0 Å². The molecule has 3 atom stereocenters. The van der Waals surface area contributed by atoms with Crippen molar-refractivity contribution in [2.75, 3.05) is 26.4 Å². The van der Waals surface area contributed by atoms with E-state index in [1.54, 1.807) is 0 Å². The van der Waals surface area contributed by atoms with Gasteiger partial charge < -0.3 is 24.6 Å². The maximum Gasteiger partial charge on any atom is 0.472 e. The highest BCUT2D eigenvalue weighted by atomic mass is 31.2. The predicted molar refractivity (Wildman–Crippen MR) is 214 cm³/mol. The fraction of sp³-hybridized carbons (Fsp3) is 0.762. The second kappa shape index (κ2) is 38.2. The zero-order chi connectivity index (χ0) is 39.1. The highest BCUT2D eigenvalue weighted by Gasteiger charge is 2.27. The Labute approximate surface area is 322 Å². The molecule has 0 amide bonds. The van der Waals surface area contributed by atoms with Crippen molar-refractivity contribution in [3.05, 3.63) is 48.6 Å². The maximum absolute atomic E-state index is 12.6. The van der Waals surface area contributed by atoms with Crippen LogP contribution in [-0.2, 0) is 32.7 Å². The molecule has 0 rings (SSSR count). The Morgan fingerprint density at radius 1 is 0.585 bits per heavy atom. The molecule has 0 aromatic heterocycles. The van der Waals surface area contributed by atoms with E-state index in [1.165, 1.54) is 57.8 Å². The first-order valence-electron chi connectivity index (χ1n) is 20.6. The Kier molecular flexibility index (Phi) is 36.7. The Bertz CT molecular complexity index is 1030. The van der Waals surface area contributed by atoms with Crippen LogP contribution in [0.5, 0.6) is 0 Å². The van der Waals surface area contributed by atoms with Crippen LogP contribution < -0.4 is 0 Å². The Balaban J connectivity index is 4.16. The number of carbonyl (C=O) groups is 2. The van der Waals surface area contributed by atoms with Gasteiger partial charge in [-0.1, -0.05) is 152 Å². The molecular weight excluding hydrogens is 695 g/mol. The van der Waals surface area contributed by atoms with Gasteiger partial charge in [0, 0.05) is 12.8 Å². The molecule has 0 aromatic rings. The molecule has 11 heteroatoms. The maximum atomic E-state index is 12.6. The number of hydrogen-bond acceptors (Lipinski definition) is 9.